The summed E-state index contributed by atoms with van der Waals surface area (Å²) in [5.41, 5.74) is 11.9. The molecular formula is C112H145BrClFMgN10O16S. The number of benzene rings is 11. The summed E-state index contributed by atoms with van der Waals surface area (Å²) >= 11 is 0. The summed E-state index contributed by atoms with van der Waals surface area (Å²) in [6.07, 6.45) is 0.925. The second-order valence-corrected chi connectivity index (χ2v) is 39.1. The van der Waals surface area contributed by atoms with Crippen LogP contribution in [-0.2, 0) is 59.7 Å². The maximum atomic E-state index is 13.7. The maximum Gasteiger partial charge on any atom is 2.00 e. The molecule has 16 rings (SSSR count). The Labute approximate surface area is 878 Å². The summed E-state index contributed by atoms with van der Waals surface area (Å²) < 4.78 is 77.5. The molecule has 0 radical (unpaired) electrons. The van der Waals surface area contributed by atoms with Crippen molar-refractivity contribution >= 4 is 77.1 Å². The van der Waals surface area contributed by atoms with Crippen LogP contribution in [0.25, 0.3) is 0 Å². The Morgan fingerprint density at radius 3 is 0.972 bits per heavy atom. The Hall–Kier alpha value is -10.9. The number of methoxy groups -OCH3 is 5. The number of nitrogens with one attached hydrogen (secondary N) is 3. The molecule has 0 spiro atoms. The molecule has 5 aliphatic heterocycles. The van der Waals surface area contributed by atoms with Crippen molar-refractivity contribution in [3.05, 3.63) is 317 Å². The summed E-state index contributed by atoms with van der Waals surface area (Å²) in [6, 6.07) is 78.9. The molecule has 768 valence electrons. The Morgan fingerprint density at radius 2 is 0.643 bits per heavy atom. The van der Waals surface area contributed by atoms with Gasteiger partial charge in [-0.1, -0.05) is 196 Å². The van der Waals surface area contributed by atoms with E-state index < -0.39 is 26.1 Å². The molecule has 0 bridgehead atoms. The van der Waals surface area contributed by atoms with Gasteiger partial charge in [-0.3, -0.25) is 24.3 Å². The number of phenols is 2. The van der Waals surface area contributed by atoms with Crippen LogP contribution in [0.15, 0.2) is 243 Å². The number of nitrogens with zero attached hydrogens (tertiary/aromatic N) is 7. The van der Waals surface area contributed by atoms with Gasteiger partial charge >= 0.3 is 23.1 Å². The van der Waals surface area contributed by atoms with E-state index in [1.54, 1.807) is 75.2 Å². The third-order valence-electron chi connectivity index (χ3n) is 24.1. The van der Waals surface area contributed by atoms with Gasteiger partial charge in [-0.15, -0.1) is 0 Å². The molecule has 5 saturated heterocycles. The molecule has 5 fully saturated rings. The van der Waals surface area contributed by atoms with Crippen LogP contribution in [0.4, 0.5) is 27.1 Å². The summed E-state index contributed by atoms with van der Waals surface area (Å²) in [4.78, 5) is 40.4. The van der Waals surface area contributed by atoms with Gasteiger partial charge in [-0.2, -0.15) is 0 Å². The van der Waals surface area contributed by atoms with Crippen LogP contribution in [0.2, 0.25) is 0 Å². The number of carbonyl (C=O) groups excluding carboxylic acids is 2. The average molecular weight is 2080 g/mol. The van der Waals surface area contributed by atoms with E-state index in [0.29, 0.717) is 58.7 Å². The molecule has 11 aromatic carbocycles. The number of ether oxygens (including phenoxy) is 8. The van der Waals surface area contributed by atoms with Crippen molar-refractivity contribution in [3.8, 4) is 57.5 Å². The molecule has 0 amide bonds. The van der Waals surface area contributed by atoms with Crippen LogP contribution >= 0.6 is 10.7 Å². The standard InChI is InChI=1S/C28H34N2O3.C27H30N2O3.C16H15FO3.C14H22N2O3.C14H22N2O2.C11H16N2.CH3ClO2S.CH3.BrH.Mg/c1-28(2,31)24-18-27(32-3)25(19-26(24)33-21-23-12-8-5-9-13-23)30-16-14-29(15-17-30)20-22-10-6-4-7-11-22;1-21(30)24-17-27(31-2)25(18-26(24)32-20-23-11-7-4-8-12-23)29-15-13-28(14-16-29)19-22-9-5-3-6-10-22;1-11(18)13-8-16(19-2)14(17)9-15(13)20-10-12-6-4-3-5-7-12;1-14(2,18)10-8-13(19-3)11(9-12(10)17)16-6-4-15-5-7-16;1-10(2)11-8-14(18-3)12(9-13(11)17)16-6-4-15-5-7-16;1-2-4-11(5-3-1)10-13-8-6-12-7-9-13;1-5(2,3)4;;;/h4-13,18-19,31H,14-17,20-21H2,1-3H3;3-12,17-18H,13-16,19-20H2,1-2H3;3-9H,10H2,1-2H3;8-9,15,17-18H,4-7H2,1-3H3;8-10,15,17H,4-7H2,1-3H3;1-5,12H,6-10H2;1H3;1H3;1H;/q;;;;;;;-1;;+2/p-1. The van der Waals surface area contributed by atoms with Crippen LogP contribution in [0, 0.1) is 13.2 Å². The minimum atomic E-state index is -3.19. The van der Waals surface area contributed by atoms with Crippen LogP contribution in [0.5, 0.6) is 57.5 Å². The van der Waals surface area contributed by atoms with Crippen LogP contribution in [-0.4, -0.2) is 251 Å². The van der Waals surface area contributed by atoms with Gasteiger partial charge in [0.25, 0.3) is 0 Å². The topological polar surface area (TPSA) is 282 Å². The molecule has 0 aromatic heterocycles. The second-order valence-electron chi connectivity index (χ2n) is 36.0. The van der Waals surface area contributed by atoms with Crippen molar-refractivity contribution in [1.82, 2.24) is 30.7 Å². The first kappa shape index (κ1) is 119. The van der Waals surface area contributed by atoms with Crippen molar-refractivity contribution < 1.29 is 97.7 Å². The van der Waals surface area contributed by atoms with Gasteiger partial charge in [-0.05, 0) is 111 Å². The van der Waals surface area contributed by atoms with Gasteiger partial charge in [0.05, 0.1) is 86.9 Å². The minimum Gasteiger partial charge on any atom is -1.00 e. The van der Waals surface area contributed by atoms with Gasteiger partial charge in [0.2, 0.25) is 9.05 Å². The zero-order valence-electron chi connectivity index (χ0n) is 85.6. The Kier molecular flexibility index (Phi) is 50.0. The summed E-state index contributed by atoms with van der Waals surface area (Å²) in [5, 5.41) is 51.1. The quantitative estimate of drug-likeness (QED) is 0.00992. The fourth-order valence-electron chi connectivity index (χ4n) is 16.6. The van der Waals surface area contributed by atoms with Gasteiger partial charge in [0, 0.05) is 208 Å². The van der Waals surface area contributed by atoms with Gasteiger partial charge in [-0.25, -0.2) is 12.8 Å². The molecule has 31 heteroatoms. The van der Waals surface area contributed by atoms with E-state index >= 15 is 0 Å². The molecule has 0 unspecified atom stereocenters. The minimum absolute atomic E-state index is 0. The Balaban J connectivity index is 0.000000235. The molecular weight excluding hydrogens is 1930 g/mol. The molecule has 143 heavy (non-hydrogen) atoms. The second kappa shape index (κ2) is 60.1. The largest absolute Gasteiger partial charge is 2.00 e. The zero-order valence-corrected chi connectivity index (χ0v) is 90.2. The van der Waals surface area contributed by atoms with E-state index in [4.69, 9.17) is 37.9 Å². The molecule has 11 aromatic rings. The van der Waals surface area contributed by atoms with Crippen LogP contribution in [0.3, 0.4) is 0 Å². The smallest absolute Gasteiger partial charge is 1.00 e. The summed E-state index contributed by atoms with van der Waals surface area (Å²) in [7, 11) is 9.28. The fraction of sp³-hybridized carbons (Fsp3) is 0.384. The number of anilines is 4. The van der Waals surface area contributed by atoms with Crippen LogP contribution < -0.4 is 90.4 Å². The molecule has 0 saturated carbocycles. The maximum absolute atomic E-state index is 13.7. The Bertz CT molecular complexity index is 5740. The molecule has 26 nitrogen and oxygen atoms in total. The summed E-state index contributed by atoms with van der Waals surface area (Å²) in [5.74, 6) is 4.49. The van der Waals surface area contributed by atoms with Crippen molar-refractivity contribution in [1.29, 1.82) is 0 Å². The third kappa shape index (κ3) is 38.5. The predicted octanol–water partition coefficient (Wildman–Crippen LogP) is 14.6. The molecule has 7 N–H and O–H groups in total. The van der Waals surface area contributed by atoms with Crippen molar-refractivity contribution in [2.45, 2.75) is 112 Å². The van der Waals surface area contributed by atoms with E-state index in [1.807, 2.05) is 127 Å². The SMILES string of the molecule is COc1cc(C(C)(C)O)c(O)cc1N1CCNCC1.COc1cc(C(C)(C)O)c(OCc2ccccc2)cc1N1CCN(Cc2ccccc2)CC1.COc1cc(C(C)=O)c(OCc2ccccc2)cc1F.COc1cc(C(C)=O)c(OCc2ccccc2)cc1N1CCN(Cc2ccccc2)CC1.COc1cc(C(C)C)c(O)cc1N1CCNCC1.CS(=O)(=O)Cl.[Br-].[CH3-].[Mg+2].c1ccc(CN2CCNCC2)cc1. The Morgan fingerprint density at radius 1 is 0.378 bits per heavy atom. The van der Waals surface area contributed by atoms with Crippen LogP contribution in [0.1, 0.15) is 132 Å². The number of hydrogen-bond acceptors (Lipinski definition) is 26. The van der Waals surface area contributed by atoms with Crippen molar-refractivity contribution in [2.75, 3.05) is 192 Å². The van der Waals surface area contributed by atoms with E-state index in [9.17, 15) is 42.8 Å². The first-order chi connectivity index (χ1) is 67.2. The number of rotatable bonds is 29. The molecule has 5 heterocycles. The number of halogens is 3. The zero-order chi connectivity index (χ0) is 101. The van der Waals surface area contributed by atoms with E-state index in [-0.39, 0.29) is 88.8 Å². The molecule has 0 aliphatic carbocycles. The van der Waals surface area contributed by atoms with E-state index in [0.717, 1.165) is 206 Å². The number of hydrogen-bond donors (Lipinski definition) is 7. The predicted molar refractivity (Wildman–Crippen MR) is 571 cm³/mol. The number of piperazine rings is 5. The summed E-state index contributed by atoms with van der Waals surface area (Å²) in [6.45, 7) is 37.6. The van der Waals surface area contributed by atoms with Crippen molar-refractivity contribution in [2.24, 2.45) is 0 Å². The first-order valence-electron chi connectivity index (χ1n) is 47.6. The number of aromatic hydroxyl groups is 2. The fourth-order valence-corrected chi connectivity index (χ4v) is 16.6. The normalized spacial score (nSPS) is 14.4. The third-order valence-corrected chi connectivity index (χ3v) is 24.1. The van der Waals surface area contributed by atoms with Gasteiger partial charge in [0.15, 0.2) is 23.1 Å². The number of carbonyl (C=O) groups is 2. The molecule has 5 aliphatic rings. The first-order valence-corrected chi connectivity index (χ1v) is 50.3. The van der Waals surface area contributed by atoms with E-state index in [2.05, 4.69) is 166 Å². The number of ketones is 2. The van der Waals surface area contributed by atoms with Gasteiger partial charge < -0.3 is 118 Å². The number of Topliss-reactive ketones (excluding diaryl/α,β-unsaturated/α-hetero) is 2. The average Bonchev–Trinajstić information content (AvgIpc) is 0.780. The monoisotopic (exact) mass is 2070 g/mol. The van der Waals surface area contributed by atoms with E-state index in [1.165, 1.54) is 55.9 Å². The molecule has 0 atom stereocenters. The number of phenolic OH excluding ortho intramolecular Hbond substituents is 2. The number of aliphatic hydroxyl groups is 2. The van der Waals surface area contributed by atoms with Gasteiger partial charge in [0.1, 0.15) is 71.6 Å². The van der Waals surface area contributed by atoms with Crippen molar-refractivity contribution in [3.63, 3.8) is 0 Å².